The first kappa shape index (κ1) is 19.6. The number of methoxy groups -OCH3 is 1. The standard InChI is InChI=1S/C22H21NO4S/c1-17-11-13-20(14-12-17)28(24,25)23-15-19-9-6-10-21(26-2)22(19)27-16-18-7-4-3-5-8-18/h3-15H,16H2,1-2H3/b23-15-. The Kier molecular flexibility index (Phi) is 6.11. The molecule has 144 valence electrons. The predicted octanol–water partition coefficient (Wildman–Crippen LogP) is 4.39. The van der Waals surface area contributed by atoms with Gasteiger partial charge < -0.3 is 9.47 Å². The summed E-state index contributed by atoms with van der Waals surface area (Å²) in [5, 5.41) is 0. The van der Waals surface area contributed by atoms with E-state index in [1.54, 1.807) is 42.5 Å². The Morgan fingerprint density at radius 2 is 1.64 bits per heavy atom. The highest BCUT2D eigenvalue weighted by molar-refractivity contribution is 7.90. The van der Waals surface area contributed by atoms with Gasteiger partial charge in [-0.05, 0) is 36.8 Å². The van der Waals surface area contributed by atoms with E-state index in [1.165, 1.54) is 13.3 Å². The van der Waals surface area contributed by atoms with Crippen LogP contribution in [-0.4, -0.2) is 21.7 Å². The molecular weight excluding hydrogens is 374 g/mol. The Labute approximate surface area is 165 Å². The minimum absolute atomic E-state index is 0.143. The molecule has 0 unspecified atom stereocenters. The number of aryl methyl sites for hydroxylation is 1. The highest BCUT2D eigenvalue weighted by atomic mass is 32.2. The second-order valence-electron chi connectivity index (χ2n) is 6.18. The average Bonchev–Trinajstić information content (AvgIpc) is 2.72. The van der Waals surface area contributed by atoms with Gasteiger partial charge in [-0.25, -0.2) is 0 Å². The summed E-state index contributed by atoms with van der Waals surface area (Å²) in [6, 6.07) is 21.5. The van der Waals surface area contributed by atoms with E-state index in [1.807, 2.05) is 37.3 Å². The molecule has 0 saturated carbocycles. The van der Waals surface area contributed by atoms with E-state index < -0.39 is 10.0 Å². The van der Waals surface area contributed by atoms with Crippen LogP contribution >= 0.6 is 0 Å². The van der Waals surface area contributed by atoms with Gasteiger partial charge in [-0.1, -0.05) is 54.1 Å². The van der Waals surface area contributed by atoms with Gasteiger partial charge in [-0.2, -0.15) is 12.8 Å². The van der Waals surface area contributed by atoms with Crippen LogP contribution in [0, 0.1) is 6.92 Å². The van der Waals surface area contributed by atoms with Crippen LogP contribution in [0.4, 0.5) is 0 Å². The molecule has 0 N–H and O–H groups in total. The second-order valence-corrected chi connectivity index (χ2v) is 7.81. The molecule has 0 fully saturated rings. The summed E-state index contributed by atoms with van der Waals surface area (Å²) < 4.78 is 40.1. The molecule has 0 spiro atoms. The van der Waals surface area contributed by atoms with Crippen LogP contribution in [0.1, 0.15) is 16.7 Å². The van der Waals surface area contributed by atoms with Crippen molar-refractivity contribution in [2.24, 2.45) is 4.40 Å². The van der Waals surface area contributed by atoms with Crippen molar-refractivity contribution in [2.75, 3.05) is 7.11 Å². The molecule has 0 bridgehead atoms. The number of nitrogens with zero attached hydrogens (tertiary/aromatic N) is 1. The quantitative estimate of drug-likeness (QED) is 0.557. The second kappa shape index (κ2) is 8.71. The van der Waals surface area contributed by atoms with Gasteiger partial charge in [-0.15, -0.1) is 0 Å². The van der Waals surface area contributed by atoms with Gasteiger partial charge in [0, 0.05) is 5.56 Å². The molecule has 0 aliphatic carbocycles. The normalized spacial score (nSPS) is 11.5. The van der Waals surface area contributed by atoms with Crippen molar-refractivity contribution in [3.63, 3.8) is 0 Å². The van der Waals surface area contributed by atoms with Crippen molar-refractivity contribution in [3.8, 4) is 11.5 Å². The third kappa shape index (κ3) is 4.78. The number of sulfonamides is 1. The fraction of sp³-hybridized carbons (Fsp3) is 0.136. The minimum Gasteiger partial charge on any atom is -0.493 e. The van der Waals surface area contributed by atoms with E-state index in [0.717, 1.165) is 11.1 Å². The zero-order valence-corrected chi connectivity index (χ0v) is 16.5. The van der Waals surface area contributed by atoms with Gasteiger partial charge >= 0.3 is 0 Å². The predicted molar refractivity (Wildman–Crippen MR) is 110 cm³/mol. The monoisotopic (exact) mass is 395 g/mol. The summed E-state index contributed by atoms with van der Waals surface area (Å²) in [6.45, 7) is 2.22. The van der Waals surface area contributed by atoms with Gasteiger partial charge in [0.2, 0.25) is 0 Å². The van der Waals surface area contributed by atoms with E-state index in [0.29, 0.717) is 23.7 Å². The molecule has 0 aromatic heterocycles. The lowest BCUT2D eigenvalue weighted by Crippen LogP contribution is -2.02. The zero-order valence-electron chi connectivity index (χ0n) is 15.7. The smallest absolute Gasteiger partial charge is 0.282 e. The largest absolute Gasteiger partial charge is 0.493 e. The van der Waals surface area contributed by atoms with Crippen LogP contribution in [-0.2, 0) is 16.6 Å². The lowest BCUT2D eigenvalue weighted by atomic mass is 10.2. The maximum atomic E-state index is 12.5. The molecule has 0 aliphatic heterocycles. The number of benzene rings is 3. The number of hydrogen-bond donors (Lipinski definition) is 0. The SMILES string of the molecule is COc1cccc(/C=N\S(=O)(=O)c2ccc(C)cc2)c1OCc1ccccc1. The van der Waals surface area contributed by atoms with Crippen LogP contribution in [0.15, 0.2) is 82.1 Å². The Bertz CT molecular complexity index is 1060. The minimum atomic E-state index is -3.81. The lowest BCUT2D eigenvalue weighted by Gasteiger charge is -2.13. The number of ether oxygens (including phenoxy) is 2. The van der Waals surface area contributed by atoms with Crippen LogP contribution in [0.3, 0.4) is 0 Å². The van der Waals surface area contributed by atoms with Gasteiger partial charge in [0.25, 0.3) is 10.0 Å². The molecule has 6 heteroatoms. The fourth-order valence-corrected chi connectivity index (χ4v) is 3.43. The van der Waals surface area contributed by atoms with Crippen LogP contribution < -0.4 is 9.47 Å². The molecule has 3 aromatic carbocycles. The van der Waals surface area contributed by atoms with Crippen molar-refractivity contribution in [1.82, 2.24) is 0 Å². The van der Waals surface area contributed by atoms with Gasteiger partial charge in [0.1, 0.15) is 6.61 Å². The Balaban J connectivity index is 1.88. The highest BCUT2D eigenvalue weighted by Gasteiger charge is 2.14. The van der Waals surface area contributed by atoms with Crippen molar-refractivity contribution >= 4 is 16.2 Å². The Morgan fingerprint density at radius 3 is 2.32 bits per heavy atom. The lowest BCUT2D eigenvalue weighted by molar-refractivity contribution is 0.284. The summed E-state index contributed by atoms with van der Waals surface area (Å²) in [5.74, 6) is 0.948. The van der Waals surface area contributed by atoms with Crippen molar-refractivity contribution in [3.05, 3.63) is 89.5 Å². The number of hydrogen-bond acceptors (Lipinski definition) is 4. The first-order valence-electron chi connectivity index (χ1n) is 8.70. The molecule has 0 amide bonds. The summed E-state index contributed by atoms with van der Waals surface area (Å²) in [5.41, 5.74) is 2.49. The Morgan fingerprint density at radius 1 is 0.929 bits per heavy atom. The van der Waals surface area contributed by atoms with Crippen molar-refractivity contribution in [2.45, 2.75) is 18.4 Å². The van der Waals surface area contributed by atoms with Crippen LogP contribution in [0.5, 0.6) is 11.5 Å². The van der Waals surface area contributed by atoms with Gasteiger partial charge in [0.05, 0.1) is 18.2 Å². The van der Waals surface area contributed by atoms with E-state index in [9.17, 15) is 8.42 Å². The van der Waals surface area contributed by atoms with Crippen molar-refractivity contribution < 1.29 is 17.9 Å². The highest BCUT2D eigenvalue weighted by Crippen LogP contribution is 2.31. The molecule has 0 saturated heterocycles. The summed E-state index contributed by atoms with van der Waals surface area (Å²) >= 11 is 0. The molecule has 5 nitrogen and oxygen atoms in total. The molecular formula is C22H21NO4S. The summed E-state index contributed by atoms with van der Waals surface area (Å²) in [4.78, 5) is 0.143. The zero-order chi connectivity index (χ0) is 20.0. The third-order valence-electron chi connectivity index (χ3n) is 4.10. The molecule has 0 atom stereocenters. The van der Waals surface area contributed by atoms with Crippen LogP contribution in [0.25, 0.3) is 0 Å². The van der Waals surface area contributed by atoms with E-state index in [4.69, 9.17) is 9.47 Å². The third-order valence-corrected chi connectivity index (χ3v) is 5.36. The molecule has 0 radical (unpaired) electrons. The first-order valence-corrected chi connectivity index (χ1v) is 10.1. The number of rotatable bonds is 7. The Hall–Kier alpha value is -3.12. The fourth-order valence-electron chi connectivity index (χ4n) is 2.58. The summed E-state index contributed by atoms with van der Waals surface area (Å²) in [6.07, 6.45) is 1.29. The van der Waals surface area contributed by atoms with E-state index in [2.05, 4.69) is 4.40 Å². The molecule has 3 rings (SSSR count). The molecule has 28 heavy (non-hydrogen) atoms. The average molecular weight is 395 g/mol. The van der Waals surface area contributed by atoms with Gasteiger partial charge in [0.15, 0.2) is 11.5 Å². The summed E-state index contributed by atoms with van der Waals surface area (Å²) in [7, 11) is -2.27. The molecule has 0 aliphatic rings. The van der Waals surface area contributed by atoms with Crippen molar-refractivity contribution in [1.29, 1.82) is 0 Å². The maximum absolute atomic E-state index is 12.5. The first-order chi connectivity index (χ1) is 13.5. The molecule has 0 heterocycles. The van der Waals surface area contributed by atoms with Gasteiger partial charge in [-0.3, -0.25) is 0 Å². The van der Waals surface area contributed by atoms with E-state index >= 15 is 0 Å². The van der Waals surface area contributed by atoms with E-state index in [-0.39, 0.29) is 4.90 Å². The maximum Gasteiger partial charge on any atom is 0.282 e. The number of para-hydroxylation sites is 1. The molecule has 3 aromatic rings. The topological polar surface area (TPSA) is 65.0 Å². The van der Waals surface area contributed by atoms with Crippen LogP contribution in [0.2, 0.25) is 0 Å².